The van der Waals surface area contributed by atoms with Gasteiger partial charge in [0.05, 0.1) is 10.0 Å². The van der Waals surface area contributed by atoms with E-state index in [0.29, 0.717) is 10.6 Å². The van der Waals surface area contributed by atoms with Crippen molar-refractivity contribution in [2.75, 3.05) is 5.32 Å². The number of carboxylic acid groups (broad SMARTS) is 1. The fourth-order valence-electron chi connectivity index (χ4n) is 1.43. The molecule has 1 heterocycles. The Labute approximate surface area is 116 Å². The minimum atomic E-state index is -1.44. The monoisotopic (exact) mass is 303 g/mol. The molecule has 0 radical (unpaired) electrons. The van der Waals surface area contributed by atoms with E-state index in [0.717, 1.165) is 0 Å². The van der Waals surface area contributed by atoms with Gasteiger partial charge in [-0.25, -0.2) is 4.79 Å². The van der Waals surface area contributed by atoms with Crippen molar-refractivity contribution in [3.05, 3.63) is 28.2 Å². The highest BCUT2D eigenvalue weighted by Gasteiger charge is 2.22. The van der Waals surface area contributed by atoms with E-state index in [1.54, 1.807) is 0 Å². The maximum absolute atomic E-state index is 10.5. The summed E-state index contributed by atoms with van der Waals surface area (Å²) in [5, 5.41) is 30.1. The lowest BCUT2D eigenvalue weighted by molar-refractivity contribution is 0.209. The van der Waals surface area contributed by atoms with Crippen LogP contribution in [-0.4, -0.2) is 21.4 Å². The Kier molecular flexibility index (Phi) is 3.46. The Morgan fingerprint density at radius 2 is 1.84 bits per heavy atom. The van der Waals surface area contributed by atoms with Gasteiger partial charge in [-0.05, 0) is 18.2 Å². The van der Waals surface area contributed by atoms with Crippen molar-refractivity contribution in [3.63, 3.8) is 0 Å². The van der Waals surface area contributed by atoms with Crippen molar-refractivity contribution < 1.29 is 24.5 Å². The quantitative estimate of drug-likeness (QED) is 0.676. The molecule has 0 aliphatic carbocycles. The van der Waals surface area contributed by atoms with Gasteiger partial charge >= 0.3 is 6.09 Å². The summed E-state index contributed by atoms with van der Waals surface area (Å²) in [5.41, 5.74) is 0.334. The van der Waals surface area contributed by atoms with E-state index in [-0.39, 0.29) is 10.8 Å². The van der Waals surface area contributed by atoms with Crippen LogP contribution >= 0.6 is 23.2 Å². The van der Waals surface area contributed by atoms with Gasteiger partial charge < -0.3 is 19.7 Å². The number of rotatable bonds is 2. The molecule has 0 fully saturated rings. The largest absolute Gasteiger partial charge is 0.502 e. The standard InChI is InChI=1S/C11H7Cl2NO5/c12-5-2-1-4(3-6(5)13)9-7(15)8(16)10(19-9)14-11(17)18/h1-3,14-16H,(H,17,18). The lowest BCUT2D eigenvalue weighted by Gasteiger charge is -2.00. The number of halogens is 2. The number of hydrogen-bond donors (Lipinski definition) is 4. The number of carbonyl (C=O) groups is 1. The summed E-state index contributed by atoms with van der Waals surface area (Å²) in [5.74, 6) is -1.91. The summed E-state index contributed by atoms with van der Waals surface area (Å²) in [7, 11) is 0. The van der Waals surface area contributed by atoms with Crippen LogP contribution in [0.5, 0.6) is 11.5 Å². The van der Waals surface area contributed by atoms with Crippen LogP contribution in [0.1, 0.15) is 0 Å². The molecule has 0 saturated carbocycles. The molecule has 4 N–H and O–H groups in total. The molecule has 0 aliphatic rings. The first-order chi connectivity index (χ1) is 8.90. The molecular formula is C11H7Cl2NO5. The van der Waals surface area contributed by atoms with E-state index >= 15 is 0 Å². The number of aromatic hydroxyl groups is 2. The first kappa shape index (κ1) is 13.4. The van der Waals surface area contributed by atoms with Gasteiger partial charge in [0.15, 0.2) is 5.76 Å². The van der Waals surface area contributed by atoms with Gasteiger partial charge in [-0.1, -0.05) is 23.2 Å². The van der Waals surface area contributed by atoms with Gasteiger partial charge in [0, 0.05) is 5.56 Å². The first-order valence-electron chi connectivity index (χ1n) is 4.90. The Morgan fingerprint density at radius 1 is 1.16 bits per heavy atom. The van der Waals surface area contributed by atoms with Gasteiger partial charge in [0.25, 0.3) is 0 Å². The molecule has 0 spiro atoms. The lowest BCUT2D eigenvalue weighted by Crippen LogP contribution is -2.06. The van der Waals surface area contributed by atoms with E-state index in [1.165, 1.54) is 18.2 Å². The van der Waals surface area contributed by atoms with Gasteiger partial charge in [0.1, 0.15) is 0 Å². The van der Waals surface area contributed by atoms with Crippen molar-refractivity contribution in [3.8, 4) is 22.8 Å². The van der Waals surface area contributed by atoms with Crippen LogP contribution in [0.2, 0.25) is 10.0 Å². The average Bonchev–Trinajstić information content (AvgIpc) is 2.60. The van der Waals surface area contributed by atoms with Gasteiger partial charge in [-0.2, -0.15) is 0 Å². The first-order valence-corrected chi connectivity index (χ1v) is 5.66. The van der Waals surface area contributed by atoms with Crippen molar-refractivity contribution in [2.24, 2.45) is 0 Å². The van der Waals surface area contributed by atoms with E-state index in [1.807, 2.05) is 5.32 Å². The molecular weight excluding hydrogens is 297 g/mol. The zero-order valence-corrected chi connectivity index (χ0v) is 10.7. The van der Waals surface area contributed by atoms with Crippen LogP contribution in [0.15, 0.2) is 22.6 Å². The normalized spacial score (nSPS) is 10.4. The third-order valence-electron chi connectivity index (χ3n) is 2.26. The van der Waals surface area contributed by atoms with Gasteiger partial charge in [-0.15, -0.1) is 0 Å². The van der Waals surface area contributed by atoms with Gasteiger partial charge in [0.2, 0.25) is 17.4 Å². The number of benzene rings is 1. The molecule has 0 saturated heterocycles. The van der Waals surface area contributed by atoms with E-state index < -0.39 is 23.5 Å². The molecule has 2 aromatic rings. The zero-order valence-electron chi connectivity index (χ0n) is 9.15. The fourth-order valence-corrected chi connectivity index (χ4v) is 1.73. The smallest absolute Gasteiger partial charge is 0.411 e. The van der Waals surface area contributed by atoms with Gasteiger partial charge in [-0.3, -0.25) is 5.32 Å². The molecule has 1 amide bonds. The van der Waals surface area contributed by atoms with Crippen molar-refractivity contribution in [1.82, 2.24) is 0 Å². The second kappa shape index (κ2) is 4.91. The Morgan fingerprint density at radius 3 is 2.42 bits per heavy atom. The minimum Gasteiger partial charge on any atom is -0.502 e. The molecule has 0 bridgehead atoms. The van der Waals surface area contributed by atoms with Crippen molar-refractivity contribution in [2.45, 2.75) is 0 Å². The number of nitrogens with one attached hydrogen (secondary N) is 1. The maximum atomic E-state index is 10.5. The van der Waals surface area contributed by atoms with E-state index in [2.05, 4.69) is 0 Å². The molecule has 0 aliphatic heterocycles. The zero-order chi connectivity index (χ0) is 14.2. The molecule has 100 valence electrons. The SMILES string of the molecule is O=C(O)Nc1oc(-c2ccc(Cl)c(Cl)c2)c(O)c1O. The van der Waals surface area contributed by atoms with Crippen LogP contribution in [0.25, 0.3) is 11.3 Å². The molecule has 8 heteroatoms. The highest BCUT2D eigenvalue weighted by molar-refractivity contribution is 6.42. The van der Waals surface area contributed by atoms with Crippen LogP contribution in [0, 0.1) is 0 Å². The van der Waals surface area contributed by atoms with Crippen molar-refractivity contribution >= 4 is 35.2 Å². The summed E-state index contributed by atoms with van der Waals surface area (Å²) in [6, 6.07) is 4.38. The third-order valence-corrected chi connectivity index (χ3v) is 3.00. The van der Waals surface area contributed by atoms with E-state index in [9.17, 15) is 15.0 Å². The number of anilines is 1. The Balaban J connectivity index is 2.50. The molecule has 1 aromatic heterocycles. The predicted molar refractivity (Wildman–Crippen MR) is 69.1 cm³/mol. The molecule has 2 rings (SSSR count). The fraction of sp³-hybridized carbons (Fsp3) is 0. The van der Waals surface area contributed by atoms with Crippen LogP contribution in [-0.2, 0) is 0 Å². The highest BCUT2D eigenvalue weighted by Crippen LogP contribution is 2.45. The van der Waals surface area contributed by atoms with Crippen LogP contribution in [0.4, 0.5) is 10.7 Å². The topological polar surface area (TPSA) is 103 Å². The number of amides is 1. The predicted octanol–water partition coefficient (Wildman–Crippen LogP) is 3.75. The lowest BCUT2D eigenvalue weighted by atomic mass is 10.1. The maximum Gasteiger partial charge on any atom is 0.411 e. The molecule has 19 heavy (non-hydrogen) atoms. The molecule has 1 aromatic carbocycles. The average molecular weight is 304 g/mol. The third kappa shape index (κ3) is 2.54. The summed E-state index contributed by atoms with van der Waals surface area (Å²) in [6.07, 6.45) is -1.44. The molecule has 0 unspecified atom stereocenters. The highest BCUT2D eigenvalue weighted by atomic mass is 35.5. The second-order valence-electron chi connectivity index (χ2n) is 3.52. The number of furan rings is 1. The Bertz CT molecular complexity index is 653. The van der Waals surface area contributed by atoms with Crippen molar-refractivity contribution in [1.29, 1.82) is 0 Å². The minimum absolute atomic E-state index is 0.125. The van der Waals surface area contributed by atoms with Crippen LogP contribution in [0.3, 0.4) is 0 Å². The summed E-state index contributed by atoms with van der Waals surface area (Å²) < 4.78 is 5.04. The van der Waals surface area contributed by atoms with Crippen LogP contribution < -0.4 is 5.32 Å². The van der Waals surface area contributed by atoms with E-state index in [4.69, 9.17) is 32.7 Å². The molecule has 0 atom stereocenters. The number of hydrogen-bond acceptors (Lipinski definition) is 4. The summed E-state index contributed by atoms with van der Waals surface area (Å²) in [4.78, 5) is 10.5. The molecule has 6 nitrogen and oxygen atoms in total. The second-order valence-corrected chi connectivity index (χ2v) is 4.33. The summed E-state index contributed by atoms with van der Waals surface area (Å²) >= 11 is 11.6. The summed E-state index contributed by atoms with van der Waals surface area (Å²) in [6.45, 7) is 0. The Hall–Kier alpha value is -2.05.